The lowest BCUT2D eigenvalue weighted by Crippen LogP contribution is -2.08. The van der Waals surface area contributed by atoms with Gasteiger partial charge in [-0.3, -0.25) is 0 Å². The summed E-state index contributed by atoms with van der Waals surface area (Å²) in [6.07, 6.45) is 8.69. The molecule has 1 heterocycles. The topological polar surface area (TPSA) is 26.0 Å². The van der Waals surface area contributed by atoms with Crippen molar-refractivity contribution in [2.75, 3.05) is 0 Å². The van der Waals surface area contributed by atoms with Gasteiger partial charge in [0.15, 0.2) is 0 Å². The molecule has 1 aromatic heterocycles. The maximum absolute atomic E-state index is 4.79. The first-order valence-electron chi connectivity index (χ1n) is 4.96. The van der Waals surface area contributed by atoms with Gasteiger partial charge in [0.2, 0.25) is 0 Å². The van der Waals surface area contributed by atoms with E-state index >= 15 is 0 Å². The van der Waals surface area contributed by atoms with E-state index in [1.807, 2.05) is 17.8 Å². The van der Waals surface area contributed by atoms with E-state index in [0.29, 0.717) is 0 Å². The zero-order chi connectivity index (χ0) is 8.93. The Balaban J connectivity index is 1.72. The highest BCUT2D eigenvalue weighted by Crippen LogP contribution is 2.29. The third kappa shape index (κ3) is 2.76. The van der Waals surface area contributed by atoms with Crippen molar-refractivity contribution in [3.63, 3.8) is 0 Å². The molecule has 1 fully saturated rings. The van der Waals surface area contributed by atoms with Gasteiger partial charge in [-0.15, -0.1) is 0 Å². The van der Waals surface area contributed by atoms with Gasteiger partial charge in [-0.2, -0.15) is 11.8 Å². The molecule has 2 rings (SSSR count). The number of hydrogen-bond donors (Lipinski definition) is 0. The monoisotopic (exact) mass is 197 g/mol. The summed E-state index contributed by atoms with van der Waals surface area (Å²) in [6.45, 7) is 0. The Morgan fingerprint density at radius 3 is 2.92 bits per heavy atom. The Morgan fingerprint density at radius 2 is 2.23 bits per heavy atom. The fourth-order valence-corrected chi connectivity index (χ4v) is 2.97. The quantitative estimate of drug-likeness (QED) is 0.744. The number of aromatic nitrogens is 1. The van der Waals surface area contributed by atoms with E-state index in [1.165, 1.54) is 32.1 Å². The second-order valence-electron chi connectivity index (χ2n) is 3.56. The van der Waals surface area contributed by atoms with Crippen molar-refractivity contribution in [1.29, 1.82) is 0 Å². The average Bonchev–Trinajstić information content (AvgIpc) is 2.69. The molecule has 2 nitrogen and oxygen atoms in total. The van der Waals surface area contributed by atoms with Crippen molar-refractivity contribution in [3.05, 3.63) is 18.0 Å². The number of thioether (sulfide) groups is 1. The molecule has 0 amide bonds. The highest BCUT2D eigenvalue weighted by Gasteiger charge is 2.13. The molecule has 1 aromatic rings. The molecule has 13 heavy (non-hydrogen) atoms. The summed E-state index contributed by atoms with van der Waals surface area (Å²) in [6, 6.07) is 1.95. The molecular weight excluding hydrogens is 182 g/mol. The van der Waals surface area contributed by atoms with Crippen molar-refractivity contribution in [3.8, 4) is 0 Å². The predicted molar refractivity (Wildman–Crippen MR) is 54.7 cm³/mol. The molecule has 0 saturated heterocycles. The molecule has 0 unspecified atom stereocenters. The molecular formula is C10H15NOS. The van der Waals surface area contributed by atoms with Crippen LogP contribution in [0.25, 0.3) is 0 Å². The molecule has 0 N–H and O–H groups in total. The van der Waals surface area contributed by atoms with Crippen LogP contribution < -0.4 is 0 Å². The maximum Gasteiger partial charge on any atom is 0.124 e. The van der Waals surface area contributed by atoms with E-state index in [2.05, 4.69) is 5.16 Å². The van der Waals surface area contributed by atoms with Crippen LogP contribution in [-0.4, -0.2) is 10.4 Å². The highest BCUT2D eigenvalue weighted by atomic mass is 32.2. The van der Waals surface area contributed by atoms with Crippen molar-refractivity contribution in [2.45, 2.75) is 43.1 Å². The number of nitrogens with zero attached hydrogens (tertiary/aromatic N) is 1. The van der Waals surface area contributed by atoms with Gasteiger partial charge < -0.3 is 4.52 Å². The van der Waals surface area contributed by atoms with Crippen molar-refractivity contribution < 1.29 is 4.52 Å². The van der Waals surface area contributed by atoms with Gasteiger partial charge in [0.05, 0.1) is 5.69 Å². The van der Waals surface area contributed by atoms with Crippen LogP contribution in [0.4, 0.5) is 0 Å². The average molecular weight is 197 g/mol. The summed E-state index contributed by atoms with van der Waals surface area (Å²) >= 11 is 2.03. The van der Waals surface area contributed by atoms with E-state index in [1.54, 1.807) is 6.26 Å². The molecule has 72 valence electrons. The molecule has 0 aromatic carbocycles. The van der Waals surface area contributed by atoms with Gasteiger partial charge in [0.1, 0.15) is 6.26 Å². The minimum absolute atomic E-state index is 0.866. The van der Waals surface area contributed by atoms with E-state index in [0.717, 1.165) is 16.7 Å². The van der Waals surface area contributed by atoms with Crippen LogP contribution >= 0.6 is 11.8 Å². The molecule has 3 heteroatoms. The van der Waals surface area contributed by atoms with Crippen LogP contribution in [0.5, 0.6) is 0 Å². The molecule has 0 aliphatic heterocycles. The Bertz CT molecular complexity index is 229. The molecule has 1 aliphatic rings. The first kappa shape index (κ1) is 9.13. The summed E-state index contributed by atoms with van der Waals surface area (Å²) in [7, 11) is 0. The third-order valence-electron chi connectivity index (χ3n) is 2.51. The first-order chi connectivity index (χ1) is 6.45. The molecule has 1 saturated carbocycles. The summed E-state index contributed by atoms with van der Waals surface area (Å²) in [5.74, 6) is 1.02. The lowest BCUT2D eigenvalue weighted by atomic mass is 10.0. The van der Waals surface area contributed by atoms with Gasteiger partial charge in [0, 0.05) is 17.1 Å². The fourth-order valence-electron chi connectivity index (χ4n) is 1.75. The molecule has 0 bridgehead atoms. The Hall–Kier alpha value is -0.440. The van der Waals surface area contributed by atoms with Crippen LogP contribution in [-0.2, 0) is 5.75 Å². The van der Waals surface area contributed by atoms with Crippen molar-refractivity contribution in [1.82, 2.24) is 5.16 Å². The largest absolute Gasteiger partial charge is 0.364 e. The summed E-state index contributed by atoms with van der Waals surface area (Å²) in [5, 5.41) is 4.77. The van der Waals surface area contributed by atoms with Crippen LogP contribution in [0.1, 0.15) is 37.8 Å². The number of hydrogen-bond acceptors (Lipinski definition) is 3. The van der Waals surface area contributed by atoms with Gasteiger partial charge in [0.25, 0.3) is 0 Å². The lowest BCUT2D eigenvalue weighted by molar-refractivity contribution is 0.414. The second-order valence-corrected chi connectivity index (χ2v) is 4.85. The van der Waals surface area contributed by atoms with E-state index in [9.17, 15) is 0 Å². The third-order valence-corrected chi connectivity index (χ3v) is 3.92. The smallest absolute Gasteiger partial charge is 0.124 e. The molecule has 0 spiro atoms. The van der Waals surface area contributed by atoms with Crippen LogP contribution in [0.15, 0.2) is 16.9 Å². The van der Waals surface area contributed by atoms with Crippen LogP contribution in [0.3, 0.4) is 0 Å². The highest BCUT2D eigenvalue weighted by molar-refractivity contribution is 7.99. The van der Waals surface area contributed by atoms with Crippen molar-refractivity contribution in [2.24, 2.45) is 0 Å². The fraction of sp³-hybridized carbons (Fsp3) is 0.700. The lowest BCUT2D eigenvalue weighted by Gasteiger charge is -2.20. The first-order valence-corrected chi connectivity index (χ1v) is 6.01. The van der Waals surface area contributed by atoms with Gasteiger partial charge in [-0.1, -0.05) is 24.4 Å². The van der Waals surface area contributed by atoms with Gasteiger partial charge in [-0.05, 0) is 12.8 Å². The summed E-state index contributed by atoms with van der Waals surface area (Å²) in [4.78, 5) is 0. The maximum atomic E-state index is 4.79. The standard InChI is InChI=1S/C10H15NOS/c1-2-4-10(5-3-1)13-8-9-6-7-12-11-9/h6-7,10H,1-5,8H2. The molecule has 1 aliphatic carbocycles. The normalized spacial score (nSPS) is 19.1. The minimum atomic E-state index is 0.866. The van der Waals surface area contributed by atoms with Gasteiger partial charge >= 0.3 is 0 Å². The van der Waals surface area contributed by atoms with E-state index in [4.69, 9.17) is 4.52 Å². The Labute approximate surface area is 83.1 Å². The Morgan fingerprint density at radius 1 is 1.38 bits per heavy atom. The van der Waals surface area contributed by atoms with Crippen LogP contribution in [0, 0.1) is 0 Å². The Kier molecular flexibility index (Phi) is 3.30. The van der Waals surface area contributed by atoms with Crippen LogP contribution in [0.2, 0.25) is 0 Å². The zero-order valence-corrected chi connectivity index (χ0v) is 8.55. The predicted octanol–water partition coefficient (Wildman–Crippen LogP) is 3.24. The zero-order valence-electron chi connectivity index (χ0n) is 7.74. The van der Waals surface area contributed by atoms with E-state index < -0.39 is 0 Å². The molecule has 0 atom stereocenters. The van der Waals surface area contributed by atoms with E-state index in [-0.39, 0.29) is 0 Å². The summed E-state index contributed by atoms with van der Waals surface area (Å²) < 4.78 is 4.79. The van der Waals surface area contributed by atoms with Crippen molar-refractivity contribution >= 4 is 11.8 Å². The SMILES string of the molecule is c1cc(CSC2CCCCC2)no1. The number of rotatable bonds is 3. The minimum Gasteiger partial charge on any atom is -0.364 e. The molecule has 0 radical (unpaired) electrons. The second kappa shape index (κ2) is 4.70. The summed E-state index contributed by atoms with van der Waals surface area (Å²) in [5.41, 5.74) is 1.08. The van der Waals surface area contributed by atoms with Gasteiger partial charge in [-0.25, -0.2) is 0 Å².